The van der Waals surface area contributed by atoms with E-state index in [4.69, 9.17) is 23.2 Å². The summed E-state index contributed by atoms with van der Waals surface area (Å²) in [4.78, 5) is 1.36. The van der Waals surface area contributed by atoms with Gasteiger partial charge in [-0.15, -0.1) is 0 Å². The van der Waals surface area contributed by atoms with E-state index < -0.39 is 6.10 Å². The molecule has 2 aromatic carbocycles. The van der Waals surface area contributed by atoms with Crippen LogP contribution in [-0.4, -0.2) is 35.9 Å². The first kappa shape index (κ1) is 18.5. The lowest BCUT2D eigenvalue weighted by molar-refractivity contribution is -0.883. The van der Waals surface area contributed by atoms with E-state index in [1.165, 1.54) is 17.7 Å². The molecule has 2 N–H and O–H groups in total. The summed E-state index contributed by atoms with van der Waals surface area (Å²) >= 11 is 12.4. The van der Waals surface area contributed by atoms with E-state index in [9.17, 15) is 5.11 Å². The van der Waals surface area contributed by atoms with Gasteiger partial charge in [-0.2, -0.15) is 0 Å². The summed E-state index contributed by atoms with van der Waals surface area (Å²) in [6.45, 7) is 4.58. The van der Waals surface area contributed by atoms with Gasteiger partial charge in [0, 0.05) is 31.9 Å². The molecule has 0 radical (unpaired) electrons. The molecule has 0 saturated heterocycles. The zero-order chi connectivity index (χ0) is 18.0. The molecule has 0 aliphatic carbocycles. The second-order valence-electron chi connectivity index (χ2n) is 6.85. The van der Waals surface area contributed by atoms with E-state index in [1.54, 1.807) is 0 Å². The summed E-state index contributed by atoms with van der Waals surface area (Å²) in [6.07, 6.45) is 1.97. The van der Waals surface area contributed by atoms with Crippen LogP contribution in [0.4, 0.5) is 0 Å². The van der Waals surface area contributed by atoms with Crippen LogP contribution >= 0.6 is 23.2 Å². The molecule has 3 aromatic rings. The quantitative estimate of drug-likeness (QED) is 0.642. The van der Waals surface area contributed by atoms with Crippen molar-refractivity contribution in [2.75, 3.05) is 20.1 Å². The Hall–Kier alpha value is -1.26. The number of hydrogen-bond acceptors (Lipinski definition) is 1. The number of nitrogens with one attached hydrogen (secondary N) is 1. The first-order valence-corrected chi connectivity index (χ1v) is 9.61. The highest BCUT2D eigenvalue weighted by Crippen LogP contribution is 2.32. The molecule has 3 rings (SSSR count). The van der Waals surface area contributed by atoms with Crippen LogP contribution in [0.5, 0.6) is 0 Å². The third-order valence-electron chi connectivity index (χ3n) is 4.72. The number of aliphatic hydroxyl groups is 1. The van der Waals surface area contributed by atoms with Gasteiger partial charge in [0.15, 0.2) is 0 Å². The molecule has 0 spiro atoms. The maximum atomic E-state index is 10.6. The van der Waals surface area contributed by atoms with E-state index in [-0.39, 0.29) is 0 Å². The van der Waals surface area contributed by atoms with E-state index in [1.807, 2.05) is 36.4 Å². The normalized spacial score (nSPS) is 14.3. The van der Waals surface area contributed by atoms with Crippen molar-refractivity contribution in [3.05, 3.63) is 46.4 Å². The molecule has 134 valence electrons. The van der Waals surface area contributed by atoms with Crippen molar-refractivity contribution >= 4 is 45.0 Å². The molecule has 0 aliphatic rings. The molecule has 1 unspecified atom stereocenters. The number of likely N-dealkylation sites (N-methyl/N-ethyl adjacent to an activating group) is 1. The number of hydrogen-bond donors (Lipinski definition) is 2. The number of aliphatic hydroxyl groups excluding tert-OH is 1. The number of rotatable bonds is 7. The highest BCUT2D eigenvalue weighted by atomic mass is 35.5. The Bertz CT molecular complexity index is 816. The van der Waals surface area contributed by atoms with Crippen molar-refractivity contribution in [2.45, 2.75) is 32.4 Å². The molecular formula is C20H25Cl2N2O+. The van der Waals surface area contributed by atoms with Gasteiger partial charge in [0.05, 0.1) is 20.1 Å². The topological polar surface area (TPSA) is 29.6 Å². The Morgan fingerprint density at radius 2 is 1.60 bits per heavy atom. The molecule has 25 heavy (non-hydrogen) atoms. The monoisotopic (exact) mass is 379 g/mol. The predicted octanol–water partition coefficient (Wildman–Crippen LogP) is 3.78. The van der Waals surface area contributed by atoms with Gasteiger partial charge in [-0.25, -0.2) is 0 Å². The zero-order valence-corrected chi connectivity index (χ0v) is 16.2. The number of nitrogens with zero attached hydrogens (tertiary/aromatic N) is 1. The minimum absolute atomic E-state index is 0.401. The van der Waals surface area contributed by atoms with Crippen LogP contribution in [0.3, 0.4) is 0 Å². The van der Waals surface area contributed by atoms with Gasteiger partial charge in [-0.05, 0) is 42.8 Å². The van der Waals surface area contributed by atoms with E-state index >= 15 is 0 Å². The first-order chi connectivity index (χ1) is 12.0. The number of aromatic nitrogens is 1. The Kier molecular flexibility index (Phi) is 5.90. The molecule has 0 saturated carbocycles. The third kappa shape index (κ3) is 4.12. The van der Waals surface area contributed by atoms with E-state index in [0.717, 1.165) is 34.9 Å². The van der Waals surface area contributed by atoms with Crippen LogP contribution in [0.2, 0.25) is 10.0 Å². The van der Waals surface area contributed by atoms with Crippen molar-refractivity contribution in [2.24, 2.45) is 0 Å². The maximum absolute atomic E-state index is 10.6. The third-order valence-corrected chi connectivity index (χ3v) is 5.19. The SMILES string of the molecule is CCCC[NH+](C)C[C@@H](O)Cn1c2ccc(Cl)cc2c2cc(Cl)ccc21. The molecule has 2 atom stereocenters. The van der Waals surface area contributed by atoms with Crippen LogP contribution < -0.4 is 4.90 Å². The highest BCUT2D eigenvalue weighted by Gasteiger charge is 2.17. The van der Waals surface area contributed by atoms with Crippen LogP contribution in [0, 0.1) is 0 Å². The van der Waals surface area contributed by atoms with Crippen LogP contribution in [0.25, 0.3) is 21.8 Å². The van der Waals surface area contributed by atoms with E-state index in [2.05, 4.69) is 18.5 Å². The molecular weight excluding hydrogens is 355 g/mol. The minimum Gasteiger partial charge on any atom is -0.385 e. The number of unbranched alkanes of at least 4 members (excludes halogenated alkanes) is 1. The summed E-state index contributed by atoms with van der Waals surface area (Å²) < 4.78 is 2.18. The minimum atomic E-state index is -0.401. The molecule has 5 heteroatoms. The summed E-state index contributed by atoms with van der Waals surface area (Å²) in [5.41, 5.74) is 2.15. The molecule has 1 heterocycles. The molecule has 1 aromatic heterocycles. The molecule has 0 aliphatic heterocycles. The van der Waals surface area contributed by atoms with Gasteiger partial charge < -0.3 is 14.6 Å². The summed E-state index contributed by atoms with van der Waals surface area (Å²) in [6, 6.07) is 11.8. The van der Waals surface area contributed by atoms with Gasteiger partial charge in [-0.3, -0.25) is 0 Å². The lowest BCUT2D eigenvalue weighted by Gasteiger charge is -2.19. The standard InChI is InChI=1S/C20H24Cl2N2O/c1-3-4-9-23(2)12-16(25)13-24-19-7-5-14(21)10-17(19)18-11-15(22)6-8-20(18)24/h5-8,10-11,16,25H,3-4,9,12-13H2,1-2H3/p+1/t16-/m1/s1. The molecule has 0 fully saturated rings. The highest BCUT2D eigenvalue weighted by molar-refractivity contribution is 6.33. The van der Waals surface area contributed by atoms with Crippen LogP contribution in [-0.2, 0) is 6.54 Å². The lowest BCUT2D eigenvalue weighted by atomic mass is 10.1. The van der Waals surface area contributed by atoms with Gasteiger partial charge in [0.25, 0.3) is 0 Å². The van der Waals surface area contributed by atoms with Gasteiger partial charge in [-0.1, -0.05) is 36.5 Å². The zero-order valence-electron chi connectivity index (χ0n) is 14.7. The largest absolute Gasteiger partial charge is 0.385 e. The Labute approximate surface area is 158 Å². The predicted molar refractivity (Wildman–Crippen MR) is 107 cm³/mol. The number of fused-ring (bicyclic) bond motifs is 3. The van der Waals surface area contributed by atoms with Crippen molar-refractivity contribution in [3.8, 4) is 0 Å². The smallest absolute Gasteiger partial charge is 0.121 e. The van der Waals surface area contributed by atoms with Crippen molar-refractivity contribution in [1.29, 1.82) is 0 Å². The van der Waals surface area contributed by atoms with Crippen molar-refractivity contribution in [3.63, 3.8) is 0 Å². The average molecular weight is 380 g/mol. The van der Waals surface area contributed by atoms with Crippen LogP contribution in [0.1, 0.15) is 19.8 Å². The van der Waals surface area contributed by atoms with Gasteiger partial charge >= 0.3 is 0 Å². The Morgan fingerprint density at radius 1 is 1.04 bits per heavy atom. The van der Waals surface area contributed by atoms with Gasteiger partial charge in [0.1, 0.15) is 12.6 Å². The summed E-state index contributed by atoms with van der Waals surface area (Å²) in [5.74, 6) is 0. The fourth-order valence-corrected chi connectivity index (χ4v) is 3.85. The van der Waals surface area contributed by atoms with Gasteiger partial charge in [0.2, 0.25) is 0 Å². The number of quaternary nitrogens is 1. The fraction of sp³-hybridized carbons (Fsp3) is 0.400. The first-order valence-electron chi connectivity index (χ1n) is 8.86. The van der Waals surface area contributed by atoms with Crippen molar-refractivity contribution in [1.82, 2.24) is 4.57 Å². The molecule has 0 amide bonds. The van der Waals surface area contributed by atoms with Crippen LogP contribution in [0.15, 0.2) is 36.4 Å². The fourth-order valence-electron chi connectivity index (χ4n) is 3.50. The maximum Gasteiger partial charge on any atom is 0.121 e. The number of benzene rings is 2. The Morgan fingerprint density at radius 3 is 2.12 bits per heavy atom. The second kappa shape index (κ2) is 7.96. The summed E-state index contributed by atoms with van der Waals surface area (Å²) in [7, 11) is 2.14. The average Bonchev–Trinajstić information content (AvgIpc) is 2.85. The lowest BCUT2D eigenvalue weighted by Crippen LogP contribution is -3.10. The summed E-state index contributed by atoms with van der Waals surface area (Å²) in [5, 5.41) is 14.2. The van der Waals surface area contributed by atoms with Crippen molar-refractivity contribution < 1.29 is 10.0 Å². The van der Waals surface area contributed by atoms with E-state index in [0.29, 0.717) is 16.6 Å². The molecule has 0 bridgehead atoms. The second-order valence-corrected chi connectivity index (χ2v) is 7.73. The number of halogens is 2. The molecule has 3 nitrogen and oxygen atoms in total. The Balaban J connectivity index is 1.94.